The van der Waals surface area contributed by atoms with Crippen LogP contribution >= 0.6 is 0 Å². The van der Waals surface area contributed by atoms with Crippen molar-refractivity contribution in [2.24, 2.45) is 0 Å². The Morgan fingerprint density at radius 2 is 1.38 bits per heavy atom. The van der Waals surface area contributed by atoms with Gasteiger partial charge in [0.25, 0.3) is 11.2 Å². The van der Waals surface area contributed by atoms with Gasteiger partial charge >= 0.3 is 12.4 Å². The molecule has 0 unspecified atom stereocenters. The molecule has 11 heteroatoms. The number of pyridine rings is 1. The normalized spacial score (nSPS) is 12.6. The van der Waals surface area contributed by atoms with E-state index in [2.05, 4.69) is 9.97 Å². The Kier molecular flexibility index (Phi) is 6.70. The van der Waals surface area contributed by atoms with Crippen LogP contribution in [0, 0.1) is 0 Å². The molecule has 0 saturated heterocycles. The summed E-state index contributed by atoms with van der Waals surface area (Å²) in [4.78, 5) is 22.4. The third kappa shape index (κ3) is 4.73. The lowest BCUT2D eigenvalue weighted by atomic mass is 9.92. The molecule has 0 spiro atoms. The first-order valence-corrected chi connectivity index (χ1v) is 11.9. The van der Waals surface area contributed by atoms with Crippen molar-refractivity contribution in [3.05, 3.63) is 125 Å². The predicted octanol–water partition coefficient (Wildman–Crippen LogP) is 6.35. The van der Waals surface area contributed by atoms with Crippen LogP contribution in [0.1, 0.15) is 17.0 Å². The van der Waals surface area contributed by atoms with Crippen molar-refractivity contribution in [3.8, 4) is 16.8 Å². The Labute approximate surface area is 223 Å². The number of hydrogen-bond acceptors (Lipinski definition) is 4. The molecule has 0 bridgehead atoms. The lowest BCUT2D eigenvalue weighted by molar-refractivity contribution is -0.376. The van der Waals surface area contributed by atoms with E-state index in [4.69, 9.17) is 0 Å². The molecular formula is C29H19F6N3O2. The van der Waals surface area contributed by atoms with Crippen molar-refractivity contribution < 1.29 is 31.4 Å². The standard InChI is InChI=1S/C29H19F6N3O2/c30-28(31,32)27(40,29(33,34)35)21-7-9-22(10-8-21)38-25(16-18-4-2-1-3-5-18)37-24-11-6-20(17-23(24)26(38)39)19-12-14-36-15-13-19/h1-15,17,40H,16H2. The van der Waals surface area contributed by atoms with Crippen molar-refractivity contribution in [3.63, 3.8) is 0 Å². The fraction of sp³-hybridized carbons (Fsp3) is 0.138. The molecule has 2 heterocycles. The second-order valence-electron chi connectivity index (χ2n) is 9.05. The van der Waals surface area contributed by atoms with Gasteiger partial charge in [0.2, 0.25) is 0 Å². The molecule has 1 N–H and O–H groups in total. The van der Waals surface area contributed by atoms with Crippen LogP contribution in [0.5, 0.6) is 0 Å². The van der Waals surface area contributed by atoms with Crippen LogP contribution < -0.4 is 5.56 Å². The zero-order chi connectivity index (χ0) is 28.7. The molecule has 5 rings (SSSR count). The van der Waals surface area contributed by atoms with Gasteiger partial charge in [-0.25, -0.2) is 4.98 Å². The Bertz CT molecular complexity index is 1700. The summed E-state index contributed by atoms with van der Waals surface area (Å²) in [6, 6.07) is 20.4. The van der Waals surface area contributed by atoms with Gasteiger partial charge in [-0.1, -0.05) is 48.5 Å². The van der Waals surface area contributed by atoms with Crippen molar-refractivity contribution in [1.29, 1.82) is 0 Å². The number of halogens is 6. The van der Waals surface area contributed by atoms with E-state index >= 15 is 0 Å². The van der Waals surface area contributed by atoms with Gasteiger partial charge in [0, 0.05) is 24.4 Å². The van der Waals surface area contributed by atoms with E-state index in [-0.39, 0.29) is 23.3 Å². The third-order valence-electron chi connectivity index (χ3n) is 6.52. The van der Waals surface area contributed by atoms with Gasteiger partial charge in [-0.2, -0.15) is 26.3 Å². The molecular weight excluding hydrogens is 536 g/mol. The SMILES string of the molecule is O=c1c2cc(-c3ccncc3)ccc2nc(Cc2ccccc2)n1-c1ccc(C(O)(C(F)(F)F)C(F)(F)F)cc1. The monoisotopic (exact) mass is 555 g/mol. The van der Waals surface area contributed by atoms with Crippen LogP contribution in [-0.4, -0.2) is 32.0 Å². The highest BCUT2D eigenvalue weighted by Gasteiger charge is 2.71. The molecule has 0 atom stereocenters. The molecule has 0 fully saturated rings. The number of aromatic nitrogens is 3. The maximum Gasteiger partial charge on any atom is 0.430 e. The average molecular weight is 555 g/mol. The first-order chi connectivity index (χ1) is 18.9. The molecule has 0 radical (unpaired) electrons. The van der Waals surface area contributed by atoms with Crippen molar-refractivity contribution in [2.75, 3.05) is 0 Å². The van der Waals surface area contributed by atoms with Crippen molar-refractivity contribution in [2.45, 2.75) is 24.4 Å². The van der Waals surface area contributed by atoms with Gasteiger partial charge in [0.15, 0.2) is 0 Å². The van der Waals surface area contributed by atoms with Crippen molar-refractivity contribution in [1.82, 2.24) is 14.5 Å². The summed E-state index contributed by atoms with van der Waals surface area (Å²) in [7, 11) is 0. The molecule has 0 saturated carbocycles. The van der Waals surface area contributed by atoms with E-state index in [0.717, 1.165) is 27.8 Å². The first-order valence-electron chi connectivity index (χ1n) is 11.9. The summed E-state index contributed by atoms with van der Waals surface area (Å²) < 4.78 is 81.5. The topological polar surface area (TPSA) is 68.0 Å². The summed E-state index contributed by atoms with van der Waals surface area (Å²) >= 11 is 0. The summed E-state index contributed by atoms with van der Waals surface area (Å²) in [5, 5.41) is 9.96. The van der Waals surface area contributed by atoms with Gasteiger partial charge in [0.05, 0.1) is 16.6 Å². The average Bonchev–Trinajstić information content (AvgIpc) is 2.93. The first kappa shape index (κ1) is 27.1. The highest BCUT2D eigenvalue weighted by molar-refractivity contribution is 5.84. The quantitative estimate of drug-likeness (QED) is 0.257. The molecule has 0 aliphatic rings. The minimum Gasteiger partial charge on any atom is -0.369 e. The maximum atomic E-state index is 13.8. The van der Waals surface area contributed by atoms with Crippen LogP contribution in [0.2, 0.25) is 0 Å². The lowest BCUT2D eigenvalue weighted by Crippen LogP contribution is -2.53. The number of alkyl halides is 6. The minimum absolute atomic E-state index is 0.0184. The highest BCUT2D eigenvalue weighted by Crippen LogP contribution is 2.50. The van der Waals surface area contributed by atoms with E-state index in [9.17, 15) is 36.2 Å². The number of rotatable bonds is 5. The van der Waals surface area contributed by atoms with Crippen LogP contribution in [0.4, 0.5) is 26.3 Å². The molecule has 2 aromatic heterocycles. The second kappa shape index (κ2) is 9.91. The van der Waals surface area contributed by atoms with Crippen LogP contribution in [0.15, 0.2) is 102 Å². The maximum absolute atomic E-state index is 13.8. The molecule has 5 aromatic rings. The highest BCUT2D eigenvalue weighted by atomic mass is 19.4. The van der Waals surface area contributed by atoms with Gasteiger partial charge < -0.3 is 5.11 Å². The van der Waals surface area contributed by atoms with E-state index < -0.39 is 29.1 Å². The van der Waals surface area contributed by atoms with E-state index in [0.29, 0.717) is 23.2 Å². The zero-order valence-electron chi connectivity index (χ0n) is 20.4. The Morgan fingerprint density at radius 3 is 1.98 bits per heavy atom. The molecule has 3 aromatic carbocycles. The number of hydrogen-bond donors (Lipinski definition) is 1. The van der Waals surface area contributed by atoms with Gasteiger partial charge in [-0.05, 0) is 53.1 Å². The molecule has 0 amide bonds. The summed E-state index contributed by atoms with van der Waals surface area (Å²) in [5.74, 6) is 0.218. The molecule has 5 nitrogen and oxygen atoms in total. The molecule has 0 aliphatic heterocycles. The minimum atomic E-state index is -6.03. The Morgan fingerprint density at radius 1 is 0.750 bits per heavy atom. The molecule has 40 heavy (non-hydrogen) atoms. The third-order valence-corrected chi connectivity index (χ3v) is 6.52. The summed E-state index contributed by atoms with van der Waals surface area (Å²) in [6.07, 6.45) is -8.74. The number of fused-ring (bicyclic) bond motifs is 1. The largest absolute Gasteiger partial charge is 0.430 e. The van der Waals surface area contributed by atoms with Crippen LogP contribution in [0.3, 0.4) is 0 Å². The fourth-order valence-electron chi connectivity index (χ4n) is 4.46. The van der Waals surface area contributed by atoms with E-state index in [1.54, 1.807) is 73.1 Å². The Hall–Kier alpha value is -4.51. The van der Waals surface area contributed by atoms with Crippen LogP contribution in [0.25, 0.3) is 27.7 Å². The fourth-order valence-corrected chi connectivity index (χ4v) is 4.46. The lowest BCUT2D eigenvalue weighted by Gasteiger charge is -2.32. The molecule has 0 aliphatic carbocycles. The van der Waals surface area contributed by atoms with Crippen molar-refractivity contribution >= 4 is 10.9 Å². The summed E-state index contributed by atoms with van der Waals surface area (Å²) in [6.45, 7) is 0. The Balaban J connectivity index is 1.70. The van der Waals surface area contributed by atoms with Gasteiger partial charge in [-0.15, -0.1) is 0 Å². The van der Waals surface area contributed by atoms with Gasteiger partial charge in [0.1, 0.15) is 5.82 Å². The van der Waals surface area contributed by atoms with E-state index in [1.165, 1.54) is 0 Å². The van der Waals surface area contributed by atoms with Crippen LogP contribution in [-0.2, 0) is 12.0 Å². The predicted molar refractivity (Wildman–Crippen MR) is 136 cm³/mol. The van der Waals surface area contributed by atoms with E-state index in [1.807, 2.05) is 0 Å². The van der Waals surface area contributed by atoms with Gasteiger partial charge in [-0.3, -0.25) is 14.3 Å². The number of nitrogens with zero attached hydrogens (tertiary/aromatic N) is 3. The number of benzene rings is 3. The number of aliphatic hydroxyl groups is 1. The second-order valence-corrected chi connectivity index (χ2v) is 9.05. The zero-order valence-corrected chi connectivity index (χ0v) is 20.4. The smallest absolute Gasteiger partial charge is 0.369 e. The summed E-state index contributed by atoms with van der Waals surface area (Å²) in [5.41, 5.74) is -4.50. The molecule has 204 valence electrons.